The lowest BCUT2D eigenvalue weighted by Gasteiger charge is -2.15. The number of hydrogen-bond donors (Lipinski definition) is 1. The van der Waals surface area contributed by atoms with Crippen molar-refractivity contribution in [1.29, 1.82) is 0 Å². The molecule has 0 spiro atoms. The molecular formula is C26H30N6O. The minimum Gasteiger partial charge on any atom is -0.349 e. The van der Waals surface area contributed by atoms with E-state index in [0.717, 1.165) is 58.5 Å². The molecule has 7 heteroatoms. The first-order valence-corrected chi connectivity index (χ1v) is 11.6. The predicted molar refractivity (Wildman–Crippen MR) is 128 cm³/mol. The topological polar surface area (TPSA) is 77.6 Å². The van der Waals surface area contributed by atoms with Gasteiger partial charge in [0.25, 0.3) is 5.91 Å². The van der Waals surface area contributed by atoms with E-state index >= 15 is 0 Å². The van der Waals surface area contributed by atoms with Crippen LogP contribution in [0.4, 0.5) is 0 Å². The van der Waals surface area contributed by atoms with Crippen molar-refractivity contribution in [3.05, 3.63) is 76.4 Å². The first kappa shape index (κ1) is 21.4. The Kier molecular flexibility index (Phi) is 5.48. The van der Waals surface area contributed by atoms with E-state index in [2.05, 4.69) is 22.5 Å². The quantitative estimate of drug-likeness (QED) is 0.468. The Balaban J connectivity index is 1.47. The van der Waals surface area contributed by atoms with Crippen LogP contribution in [-0.4, -0.2) is 36.5 Å². The Morgan fingerprint density at radius 2 is 1.91 bits per heavy atom. The van der Waals surface area contributed by atoms with Crippen molar-refractivity contribution in [3.8, 4) is 0 Å². The Bertz CT molecular complexity index is 1320. The molecule has 0 aliphatic heterocycles. The van der Waals surface area contributed by atoms with Crippen molar-refractivity contribution in [1.82, 2.24) is 29.9 Å². The SMILES string of the molecule is Cc1nn(C)cc1CC(C)NC(=O)c1cc(C2CC2)nc2c1c(C)nn2Cc1ccccc1. The van der Waals surface area contributed by atoms with Gasteiger partial charge in [0.15, 0.2) is 5.65 Å². The summed E-state index contributed by atoms with van der Waals surface area (Å²) in [5.74, 6) is 0.373. The molecule has 33 heavy (non-hydrogen) atoms. The minimum absolute atomic E-state index is 0.0207. The number of hydrogen-bond acceptors (Lipinski definition) is 4. The van der Waals surface area contributed by atoms with Crippen LogP contribution in [0, 0.1) is 13.8 Å². The first-order valence-electron chi connectivity index (χ1n) is 11.6. The highest BCUT2D eigenvalue weighted by molar-refractivity contribution is 6.06. The molecule has 1 saturated carbocycles. The van der Waals surface area contributed by atoms with E-state index in [1.165, 1.54) is 0 Å². The lowest BCUT2D eigenvalue weighted by atomic mass is 10.0. The maximum absolute atomic E-state index is 13.5. The average molecular weight is 443 g/mol. The summed E-state index contributed by atoms with van der Waals surface area (Å²) in [7, 11) is 1.92. The molecule has 4 aromatic rings. The van der Waals surface area contributed by atoms with Crippen LogP contribution in [0.2, 0.25) is 0 Å². The third-order valence-electron chi connectivity index (χ3n) is 6.33. The zero-order chi connectivity index (χ0) is 23.1. The average Bonchev–Trinajstić information content (AvgIpc) is 3.52. The number of pyridine rings is 1. The van der Waals surface area contributed by atoms with E-state index in [9.17, 15) is 4.79 Å². The Hall–Kier alpha value is -3.48. The summed E-state index contributed by atoms with van der Waals surface area (Å²) < 4.78 is 3.75. The highest BCUT2D eigenvalue weighted by Gasteiger charge is 2.29. The predicted octanol–water partition coefficient (Wildman–Crippen LogP) is 4.07. The lowest BCUT2D eigenvalue weighted by molar-refractivity contribution is 0.0941. The van der Waals surface area contributed by atoms with E-state index in [1.54, 1.807) is 0 Å². The second kappa shape index (κ2) is 8.46. The molecule has 1 unspecified atom stereocenters. The summed E-state index contributed by atoms with van der Waals surface area (Å²) in [6.45, 7) is 6.63. The molecule has 170 valence electrons. The van der Waals surface area contributed by atoms with Crippen LogP contribution in [0.15, 0.2) is 42.6 Å². The number of amides is 1. The van der Waals surface area contributed by atoms with E-state index in [-0.39, 0.29) is 11.9 Å². The maximum atomic E-state index is 13.5. The van der Waals surface area contributed by atoms with E-state index in [4.69, 9.17) is 10.1 Å². The molecule has 5 rings (SSSR count). The van der Waals surface area contributed by atoms with Gasteiger partial charge in [0, 0.05) is 30.9 Å². The fourth-order valence-electron chi connectivity index (χ4n) is 4.54. The number of carbonyl (C=O) groups excluding carboxylic acids is 1. The summed E-state index contributed by atoms with van der Waals surface area (Å²) in [4.78, 5) is 18.4. The first-order chi connectivity index (χ1) is 15.9. The number of rotatable bonds is 7. The monoisotopic (exact) mass is 442 g/mol. The van der Waals surface area contributed by atoms with Crippen molar-refractivity contribution in [2.75, 3.05) is 0 Å². The summed E-state index contributed by atoms with van der Waals surface area (Å²) in [6, 6.07) is 12.2. The van der Waals surface area contributed by atoms with Gasteiger partial charge in [-0.15, -0.1) is 0 Å². The van der Waals surface area contributed by atoms with E-state index in [1.807, 2.05) is 67.6 Å². The Morgan fingerprint density at radius 3 is 2.58 bits per heavy atom. The summed E-state index contributed by atoms with van der Waals surface area (Å²) in [5.41, 5.74) is 6.60. The van der Waals surface area contributed by atoms with Crippen LogP contribution in [0.1, 0.15) is 64.2 Å². The fourth-order valence-corrected chi connectivity index (χ4v) is 4.54. The van der Waals surface area contributed by atoms with Gasteiger partial charge in [-0.2, -0.15) is 10.2 Å². The highest BCUT2D eigenvalue weighted by Crippen LogP contribution is 2.40. The van der Waals surface area contributed by atoms with Gasteiger partial charge in [-0.25, -0.2) is 9.67 Å². The third kappa shape index (κ3) is 4.40. The number of aryl methyl sites for hydroxylation is 3. The van der Waals surface area contributed by atoms with E-state index in [0.29, 0.717) is 18.0 Å². The highest BCUT2D eigenvalue weighted by atomic mass is 16.1. The minimum atomic E-state index is -0.0688. The number of aromatic nitrogens is 5. The van der Waals surface area contributed by atoms with Gasteiger partial charge in [-0.1, -0.05) is 30.3 Å². The van der Waals surface area contributed by atoms with Crippen molar-refractivity contribution in [2.45, 2.75) is 58.5 Å². The number of carbonyl (C=O) groups is 1. The lowest BCUT2D eigenvalue weighted by Crippen LogP contribution is -2.34. The van der Waals surface area contributed by atoms with Gasteiger partial charge in [0.2, 0.25) is 0 Å². The van der Waals surface area contributed by atoms with Crippen molar-refractivity contribution < 1.29 is 4.79 Å². The molecule has 1 amide bonds. The van der Waals surface area contributed by atoms with Gasteiger partial charge < -0.3 is 5.32 Å². The molecule has 1 aromatic carbocycles. The van der Waals surface area contributed by atoms with Gasteiger partial charge in [0.05, 0.1) is 28.9 Å². The second-order valence-electron chi connectivity index (χ2n) is 9.29. The van der Waals surface area contributed by atoms with Crippen LogP contribution in [0.3, 0.4) is 0 Å². The van der Waals surface area contributed by atoms with Gasteiger partial charge in [-0.3, -0.25) is 9.48 Å². The standard InChI is InChI=1S/C26H30N6O/c1-16(12-21-15-31(4)29-17(21)2)27-26(33)22-13-23(20-10-11-20)28-25-24(22)18(3)30-32(25)14-19-8-6-5-7-9-19/h5-9,13,15-16,20H,10-12,14H2,1-4H3,(H,27,33). The Labute approximate surface area is 193 Å². The molecule has 1 N–H and O–H groups in total. The number of nitrogens with one attached hydrogen (secondary N) is 1. The molecule has 1 fully saturated rings. The zero-order valence-electron chi connectivity index (χ0n) is 19.7. The summed E-state index contributed by atoms with van der Waals surface area (Å²) in [5, 5.41) is 13.2. The third-order valence-corrected chi connectivity index (χ3v) is 6.33. The second-order valence-corrected chi connectivity index (χ2v) is 9.29. The molecule has 3 aromatic heterocycles. The fraction of sp³-hybridized carbons (Fsp3) is 0.385. The van der Waals surface area contributed by atoms with Crippen molar-refractivity contribution in [2.24, 2.45) is 7.05 Å². The summed E-state index contributed by atoms with van der Waals surface area (Å²) in [6.07, 6.45) is 5.01. The smallest absolute Gasteiger partial charge is 0.252 e. The number of benzene rings is 1. The van der Waals surface area contributed by atoms with Crippen molar-refractivity contribution >= 4 is 16.9 Å². The molecule has 3 heterocycles. The number of fused-ring (bicyclic) bond motifs is 1. The molecule has 1 aliphatic rings. The molecular weight excluding hydrogens is 412 g/mol. The number of nitrogens with zero attached hydrogens (tertiary/aromatic N) is 5. The van der Waals surface area contributed by atoms with Crippen LogP contribution in [0.5, 0.6) is 0 Å². The molecule has 1 atom stereocenters. The zero-order valence-corrected chi connectivity index (χ0v) is 19.7. The summed E-state index contributed by atoms with van der Waals surface area (Å²) >= 11 is 0. The van der Waals surface area contributed by atoms with Gasteiger partial charge in [0.1, 0.15) is 0 Å². The maximum Gasteiger partial charge on any atom is 0.252 e. The van der Waals surface area contributed by atoms with Crippen molar-refractivity contribution in [3.63, 3.8) is 0 Å². The van der Waals surface area contributed by atoms with Crippen LogP contribution < -0.4 is 5.32 Å². The van der Waals surface area contributed by atoms with E-state index < -0.39 is 0 Å². The van der Waals surface area contributed by atoms with Gasteiger partial charge >= 0.3 is 0 Å². The normalized spacial score (nSPS) is 14.5. The Morgan fingerprint density at radius 1 is 1.15 bits per heavy atom. The van der Waals surface area contributed by atoms with Gasteiger partial charge in [-0.05, 0) is 57.2 Å². The van der Waals surface area contributed by atoms with Crippen LogP contribution >= 0.6 is 0 Å². The van der Waals surface area contributed by atoms with Crippen LogP contribution in [-0.2, 0) is 20.0 Å². The molecule has 1 aliphatic carbocycles. The molecule has 0 bridgehead atoms. The molecule has 0 saturated heterocycles. The molecule has 0 radical (unpaired) electrons. The van der Waals surface area contributed by atoms with Crippen LogP contribution in [0.25, 0.3) is 11.0 Å². The molecule has 7 nitrogen and oxygen atoms in total. The largest absolute Gasteiger partial charge is 0.349 e.